The normalized spacial score (nSPS) is 19.3. The molecule has 2 aromatic rings. The molecule has 2 unspecified atom stereocenters. The van der Waals surface area contributed by atoms with Crippen LogP contribution in [0.1, 0.15) is 36.7 Å². The summed E-state index contributed by atoms with van der Waals surface area (Å²) in [6, 6.07) is 5.54. The van der Waals surface area contributed by atoms with Crippen LogP contribution in [-0.4, -0.2) is 28.6 Å². The van der Waals surface area contributed by atoms with Crippen molar-refractivity contribution in [2.75, 3.05) is 6.54 Å². The number of thiophene rings is 1. The van der Waals surface area contributed by atoms with E-state index in [9.17, 15) is 9.90 Å². The molecule has 0 aromatic carbocycles. The van der Waals surface area contributed by atoms with Gasteiger partial charge in [-0.25, -0.2) is 4.79 Å². The maximum Gasteiger partial charge on any atom is 0.317 e. The summed E-state index contributed by atoms with van der Waals surface area (Å²) in [6.45, 7) is 1.29. The van der Waals surface area contributed by atoms with Gasteiger partial charge in [-0.3, -0.25) is 0 Å². The second-order valence-corrected chi connectivity index (χ2v) is 6.33. The summed E-state index contributed by atoms with van der Waals surface area (Å²) in [5, 5.41) is 17.2. The van der Waals surface area contributed by atoms with Gasteiger partial charge in [0.25, 0.3) is 0 Å². The van der Waals surface area contributed by atoms with Gasteiger partial charge in [-0.05, 0) is 47.4 Å². The quantitative estimate of drug-likeness (QED) is 0.889. The first kappa shape index (κ1) is 15.1. The summed E-state index contributed by atoms with van der Waals surface area (Å²) in [5.74, 6) is 0.561. The van der Waals surface area contributed by atoms with Crippen LogP contribution in [0.4, 0.5) is 4.79 Å². The van der Waals surface area contributed by atoms with Crippen LogP contribution in [0.15, 0.2) is 39.6 Å². The van der Waals surface area contributed by atoms with Gasteiger partial charge in [-0.15, -0.1) is 0 Å². The van der Waals surface area contributed by atoms with Crippen molar-refractivity contribution in [1.29, 1.82) is 0 Å². The first-order valence-electron chi connectivity index (χ1n) is 7.51. The van der Waals surface area contributed by atoms with Gasteiger partial charge in [-0.1, -0.05) is 0 Å². The first-order chi connectivity index (χ1) is 10.7. The van der Waals surface area contributed by atoms with Crippen LogP contribution in [-0.2, 0) is 6.54 Å². The van der Waals surface area contributed by atoms with Crippen LogP contribution in [0.5, 0.6) is 0 Å². The van der Waals surface area contributed by atoms with E-state index in [1.165, 1.54) is 0 Å². The SMILES string of the molecule is O=C(NCc1ccsc1)N1CCCC1CC(O)c1ccco1. The largest absolute Gasteiger partial charge is 0.467 e. The summed E-state index contributed by atoms with van der Waals surface area (Å²) in [7, 11) is 0. The average Bonchev–Trinajstić information content (AvgIpc) is 3.25. The maximum atomic E-state index is 12.3. The highest BCUT2D eigenvalue weighted by Crippen LogP contribution is 2.27. The summed E-state index contributed by atoms with van der Waals surface area (Å²) in [5.41, 5.74) is 1.12. The van der Waals surface area contributed by atoms with Crippen molar-refractivity contribution in [3.8, 4) is 0 Å². The number of nitrogens with one attached hydrogen (secondary N) is 1. The Bertz CT molecular complexity index is 583. The highest BCUT2D eigenvalue weighted by Gasteiger charge is 2.31. The molecule has 118 valence electrons. The number of rotatable bonds is 5. The van der Waals surface area contributed by atoms with Crippen LogP contribution < -0.4 is 5.32 Å². The number of nitrogens with zero attached hydrogens (tertiary/aromatic N) is 1. The van der Waals surface area contributed by atoms with Crippen molar-refractivity contribution in [3.05, 3.63) is 46.5 Å². The summed E-state index contributed by atoms with van der Waals surface area (Å²) in [4.78, 5) is 14.2. The van der Waals surface area contributed by atoms with Crippen LogP contribution in [0.3, 0.4) is 0 Å². The predicted molar refractivity (Wildman–Crippen MR) is 84.6 cm³/mol. The molecule has 2 aromatic heterocycles. The maximum absolute atomic E-state index is 12.3. The number of urea groups is 1. The van der Waals surface area contributed by atoms with Gasteiger partial charge in [0.15, 0.2) is 0 Å². The standard InChI is InChI=1S/C16H20N2O3S/c19-14(15-4-2-7-21-15)9-13-3-1-6-18(13)16(20)17-10-12-5-8-22-11-12/h2,4-5,7-8,11,13-14,19H,1,3,6,9-10H2,(H,17,20). The van der Waals surface area contributed by atoms with Crippen LogP contribution in [0.25, 0.3) is 0 Å². The molecule has 1 aliphatic rings. The minimum absolute atomic E-state index is 0.0552. The molecule has 2 N–H and O–H groups in total. The van der Waals surface area contributed by atoms with Crippen LogP contribution >= 0.6 is 11.3 Å². The van der Waals surface area contributed by atoms with E-state index in [0.717, 1.165) is 24.9 Å². The van der Waals surface area contributed by atoms with Gasteiger partial charge in [0.05, 0.1) is 6.26 Å². The number of carbonyl (C=O) groups is 1. The Hall–Kier alpha value is -1.79. The van der Waals surface area contributed by atoms with E-state index in [1.807, 2.05) is 21.7 Å². The number of likely N-dealkylation sites (tertiary alicyclic amines) is 1. The van der Waals surface area contributed by atoms with Gasteiger partial charge in [0, 0.05) is 25.6 Å². The van der Waals surface area contributed by atoms with Crippen molar-refractivity contribution in [2.24, 2.45) is 0 Å². The Morgan fingerprint density at radius 2 is 2.45 bits per heavy atom. The third-order valence-electron chi connectivity index (χ3n) is 4.03. The molecular formula is C16H20N2O3S. The molecule has 22 heavy (non-hydrogen) atoms. The molecule has 1 aliphatic heterocycles. The molecule has 1 saturated heterocycles. The van der Waals surface area contributed by atoms with E-state index in [1.54, 1.807) is 29.7 Å². The number of hydrogen-bond acceptors (Lipinski definition) is 4. The predicted octanol–water partition coefficient (Wildman–Crippen LogP) is 3.14. The molecule has 0 radical (unpaired) electrons. The third kappa shape index (κ3) is 3.51. The molecule has 5 nitrogen and oxygen atoms in total. The van der Waals surface area contributed by atoms with Gasteiger partial charge in [-0.2, -0.15) is 11.3 Å². The molecule has 0 aliphatic carbocycles. The van der Waals surface area contributed by atoms with Crippen molar-refractivity contribution in [3.63, 3.8) is 0 Å². The van der Waals surface area contributed by atoms with E-state index >= 15 is 0 Å². The molecule has 2 atom stereocenters. The molecule has 3 heterocycles. The second kappa shape index (κ2) is 6.98. The Morgan fingerprint density at radius 3 is 3.18 bits per heavy atom. The Kier molecular flexibility index (Phi) is 4.80. The number of hydrogen-bond donors (Lipinski definition) is 2. The molecule has 2 amide bonds. The molecular weight excluding hydrogens is 300 g/mol. The molecule has 3 rings (SSSR count). The topological polar surface area (TPSA) is 65.7 Å². The lowest BCUT2D eigenvalue weighted by molar-refractivity contribution is 0.108. The zero-order valence-corrected chi connectivity index (χ0v) is 13.1. The number of amides is 2. The first-order valence-corrected chi connectivity index (χ1v) is 8.45. The lowest BCUT2D eigenvalue weighted by atomic mass is 10.1. The fourth-order valence-corrected chi connectivity index (χ4v) is 3.54. The average molecular weight is 320 g/mol. The summed E-state index contributed by atoms with van der Waals surface area (Å²) in [6.07, 6.45) is 3.30. The molecule has 0 spiro atoms. The van der Waals surface area contributed by atoms with E-state index in [4.69, 9.17) is 4.42 Å². The number of aliphatic hydroxyl groups excluding tert-OH is 1. The van der Waals surface area contributed by atoms with Gasteiger partial charge in [0.2, 0.25) is 0 Å². The molecule has 0 saturated carbocycles. The van der Waals surface area contributed by atoms with E-state index < -0.39 is 6.10 Å². The van der Waals surface area contributed by atoms with Crippen molar-refractivity contribution in [2.45, 2.75) is 38.0 Å². The minimum Gasteiger partial charge on any atom is -0.467 e. The minimum atomic E-state index is -0.662. The van der Waals surface area contributed by atoms with E-state index in [-0.39, 0.29) is 12.1 Å². The Balaban J connectivity index is 1.54. The van der Waals surface area contributed by atoms with Gasteiger partial charge >= 0.3 is 6.03 Å². The number of aliphatic hydroxyl groups is 1. The van der Waals surface area contributed by atoms with E-state index in [0.29, 0.717) is 18.7 Å². The molecule has 0 bridgehead atoms. The van der Waals surface area contributed by atoms with Gasteiger partial charge in [0.1, 0.15) is 11.9 Å². The lowest BCUT2D eigenvalue weighted by Crippen LogP contribution is -2.43. The lowest BCUT2D eigenvalue weighted by Gasteiger charge is -2.26. The van der Waals surface area contributed by atoms with Crippen molar-refractivity contribution >= 4 is 17.4 Å². The van der Waals surface area contributed by atoms with Crippen LogP contribution in [0.2, 0.25) is 0 Å². The second-order valence-electron chi connectivity index (χ2n) is 5.55. The Morgan fingerprint density at radius 1 is 1.55 bits per heavy atom. The molecule has 6 heteroatoms. The number of carbonyl (C=O) groups excluding carboxylic acids is 1. The molecule has 1 fully saturated rings. The van der Waals surface area contributed by atoms with Gasteiger partial charge < -0.3 is 19.7 Å². The Labute approximate surface area is 133 Å². The highest BCUT2D eigenvalue weighted by molar-refractivity contribution is 7.07. The van der Waals surface area contributed by atoms with Crippen molar-refractivity contribution < 1.29 is 14.3 Å². The van der Waals surface area contributed by atoms with E-state index in [2.05, 4.69) is 5.32 Å². The highest BCUT2D eigenvalue weighted by atomic mass is 32.1. The smallest absolute Gasteiger partial charge is 0.317 e. The summed E-state index contributed by atoms with van der Waals surface area (Å²) >= 11 is 1.62. The van der Waals surface area contributed by atoms with Crippen molar-refractivity contribution in [1.82, 2.24) is 10.2 Å². The third-order valence-corrected chi connectivity index (χ3v) is 4.76. The number of furan rings is 1. The zero-order valence-electron chi connectivity index (χ0n) is 12.3. The zero-order chi connectivity index (χ0) is 15.4. The fourth-order valence-electron chi connectivity index (χ4n) is 2.88. The monoisotopic (exact) mass is 320 g/mol. The fraction of sp³-hybridized carbons (Fsp3) is 0.438. The van der Waals surface area contributed by atoms with Crippen LogP contribution in [0, 0.1) is 0 Å². The summed E-state index contributed by atoms with van der Waals surface area (Å²) < 4.78 is 5.23.